The van der Waals surface area contributed by atoms with Crippen LogP contribution < -0.4 is 5.32 Å². The molecule has 1 amide bonds. The van der Waals surface area contributed by atoms with Crippen molar-refractivity contribution >= 4 is 33.4 Å². The molecule has 0 unspecified atom stereocenters. The van der Waals surface area contributed by atoms with E-state index in [4.69, 9.17) is 9.40 Å². The Morgan fingerprint density at radius 1 is 1.30 bits per heavy atom. The molecule has 5 rings (SSSR count). The van der Waals surface area contributed by atoms with Gasteiger partial charge in [-0.1, -0.05) is 6.07 Å². The lowest BCUT2D eigenvalue weighted by molar-refractivity contribution is -0.121. The molecule has 4 aromatic rings. The molecule has 8 heteroatoms. The monoisotopic (exact) mass is 421 g/mol. The van der Waals surface area contributed by atoms with Crippen molar-refractivity contribution in [3.63, 3.8) is 0 Å². The molecule has 0 saturated carbocycles. The molecule has 0 atom stereocenters. The van der Waals surface area contributed by atoms with Gasteiger partial charge in [-0.25, -0.2) is 9.97 Å². The number of nitrogens with one attached hydrogen (secondary N) is 2. The number of furan rings is 1. The first-order valence-corrected chi connectivity index (χ1v) is 11.0. The van der Waals surface area contributed by atoms with E-state index in [1.165, 1.54) is 16.9 Å². The van der Waals surface area contributed by atoms with Gasteiger partial charge in [0, 0.05) is 11.3 Å². The summed E-state index contributed by atoms with van der Waals surface area (Å²) >= 11 is 1.42. The second kappa shape index (κ2) is 8.04. The second-order valence-electron chi connectivity index (χ2n) is 7.76. The SMILES string of the molecule is Cc1ccc2nc(CN3CCC(C(=O)Nc4nc(-c5ccco5)cs4)CC3)[nH]c2c1. The highest BCUT2D eigenvalue weighted by molar-refractivity contribution is 7.14. The summed E-state index contributed by atoms with van der Waals surface area (Å²) in [6, 6.07) is 9.94. The average Bonchev–Trinajstić information content (AvgIpc) is 3.48. The minimum absolute atomic E-state index is 0.00976. The van der Waals surface area contributed by atoms with Gasteiger partial charge in [0.15, 0.2) is 10.9 Å². The summed E-state index contributed by atoms with van der Waals surface area (Å²) in [5.41, 5.74) is 4.05. The molecule has 30 heavy (non-hydrogen) atoms. The Morgan fingerprint density at radius 2 is 2.17 bits per heavy atom. The summed E-state index contributed by atoms with van der Waals surface area (Å²) < 4.78 is 5.36. The number of amides is 1. The van der Waals surface area contributed by atoms with E-state index in [-0.39, 0.29) is 11.8 Å². The predicted octanol–water partition coefficient (Wildman–Crippen LogP) is 4.44. The Hall–Kier alpha value is -2.97. The van der Waals surface area contributed by atoms with Crippen LogP contribution in [0.2, 0.25) is 0 Å². The number of H-pyrrole nitrogens is 1. The molecule has 0 spiro atoms. The number of aryl methyl sites for hydroxylation is 1. The lowest BCUT2D eigenvalue weighted by atomic mass is 9.96. The van der Waals surface area contributed by atoms with Gasteiger partial charge >= 0.3 is 0 Å². The molecule has 154 valence electrons. The summed E-state index contributed by atoms with van der Waals surface area (Å²) in [5.74, 6) is 1.75. The summed E-state index contributed by atoms with van der Waals surface area (Å²) in [7, 11) is 0. The highest BCUT2D eigenvalue weighted by atomic mass is 32.1. The number of anilines is 1. The third kappa shape index (κ3) is 4.01. The Balaban J connectivity index is 1.15. The van der Waals surface area contributed by atoms with Crippen LogP contribution in [0.1, 0.15) is 24.2 Å². The van der Waals surface area contributed by atoms with Crippen molar-refractivity contribution in [2.45, 2.75) is 26.3 Å². The van der Waals surface area contributed by atoms with Crippen molar-refractivity contribution in [2.24, 2.45) is 5.92 Å². The van der Waals surface area contributed by atoms with Crippen LogP contribution in [-0.2, 0) is 11.3 Å². The summed E-state index contributed by atoms with van der Waals surface area (Å²) in [4.78, 5) is 27.6. The average molecular weight is 422 g/mol. The van der Waals surface area contributed by atoms with Gasteiger partial charge in [0.2, 0.25) is 5.91 Å². The van der Waals surface area contributed by atoms with Crippen LogP contribution in [0, 0.1) is 12.8 Å². The highest BCUT2D eigenvalue weighted by Gasteiger charge is 2.26. The standard InChI is InChI=1S/C22H23N5O2S/c1-14-4-5-16-17(11-14)24-20(23-16)12-27-8-6-15(7-9-27)21(28)26-22-25-18(13-30-22)19-3-2-10-29-19/h2-5,10-11,13,15H,6-9,12H2,1H3,(H,23,24)(H,25,26,28). The number of rotatable bonds is 5. The van der Waals surface area contributed by atoms with Crippen molar-refractivity contribution < 1.29 is 9.21 Å². The van der Waals surface area contributed by atoms with Crippen LogP contribution >= 0.6 is 11.3 Å². The van der Waals surface area contributed by atoms with Gasteiger partial charge in [-0.15, -0.1) is 11.3 Å². The van der Waals surface area contributed by atoms with Crippen molar-refractivity contribution in [1.29, 1.82) is 0 Å². The number of piperidine rings is 1. The number of hydrogen-bond acceptors (Lipinski definition) is 6. The molecule has 0 aliphatic carbocycles. The van der Waals surface area contributed by atoms with E-state index < -0.39 is 0 Å². The topological polar surface area (TPSA) is 87.1 Å². The van der Waals surface area contributed by atoms with Gasteiger partial charge in [0.1, 0.15) is 11.5 Å². The highest BCUT2D eigenvalue weighted by Crippen LogP contribution is 2.27. The Kier molecular flexibility index (Phi) is 5.10. The maximum atomic E-state index is 12.7. The number of thiazole rings is 1. The zero-order valence-electron chi connectivity index (χ0n) is 16.7. The molecule has 1 aliphatic rings. The first-order valence-electron chi connectivity index (χ1n) is 10.1. The number of aromatic amines is 1. The summed E-state index contributed by atoms with van der Waals surface area (Å²) in [6.45, 7) is 4.62. The molecule has 0 radical (unpaired) electrons. The first kappa shape index (κ1) is 19.0. The minimum Gasteiger partial charge on any atom is -0.463 e. The molecule has 7 nitrogen and oxygen atoms in total. The zero-order chi connectivity index (χ0) is 20.5. The first-order chi connectivity index (χ1) is 14.6. The van der Waals surface area contributed by atoms with E-state index >= 15 is 0 Å². The van der Waals surface area contributed by atoms with Crippen LogP contribution in [0.3, 0.4) is 0 Å². The Labute approximate surface area is 178 Å². The number of fused-ring (bicyclic) bond motifs is 1. The van der Waals surface area contributed by atoms with Crippen LogP contribution in [0.4, 0.5) is 5.13 Å². The van der Waals surface area contributed by atoms with E-state index in [2.05, 4.69) is 45.3 Å². The largest absolute Gasteiger partial charge is 0.463 e. The molecule has 2 N–H and O–H groups in total. The van der Waals surface area contributed by atoms with Crippen molar-refractivity contribution in [2.75, 3.05) is 18.4 Å². The van der Waals surface area contributed by atoms with E-state index in [1.807, 2.05) is 17.5 Å². The van der Waals surface area contributed by atoms with Gasteiger partial charge in [0.05, 0.1) is 23.8 Å². The molecule has 1 aromatic carbocycles. The van der Waals surface area contributed by atoms with Gasteiger partial charge in [-0.3, -0.25) is 9.69 Å². The fraction of sp³-hybridized carbons (Fsp3) is 0.318. The maximum Gasteiger partial charge on any atom is 0.229 e. The summed E-state index contributed by atoms with van der Waals surface area (Å²) in [5, 5.41) is 5.48. The summed E-state index contributed by atoms with van der Waals surface area (Å²) in [6.07, 6.45) is 3.29. The molecule has 1 saturated heterocycles. The number of carbonyl (C=O) groups excluding carboxylic acids is 1. The Bertz CT molecular complexity index is 1160. The van der Waals surface area contributed by atoms with Crippen molar-refractivity contribution in [1.82, 2.24) is 19.9 Å². The van der Waals surface area contributed by atoms with E-state index in [1.54, 1.807) is 6.26 Å². The third-order valence-corrected chi connectivity index (χ3v) is 6.28. The van der Waals surface area contributed by atoms with Gasteiger partial charge in [-0.05, 0) is 62.7 Å². The maximum absolute atomic E-state index is 12.7. The minimum atomic E-state index is 0.00976. The fourth-order valence-corrected chi connectivity index (χ4v) is 4.60. The number of aromatic nitrogens is 3. The van der Waals surface area contributed by atoms with E-state index in [9.17, 15) is 4.79 Å². The molecular formula is C22H23N5O2S. The van der Waals surface area contributed by atoms with Gasteiger partial charge < -0.3 is 14.7 Å². The lowest BCUT2D eigenvalue weighted by Gasteiger charge is -2.30. The van der Waals surface area contributed by atoms with Crippen LogP contribution in [0.15, 0.2) is 46.4 Å². The predicted molar refractivity (Wildman–Crippen MR) is 117 cm³/mol. The number of likely N-dealkylation sites (tertiary alicyclic amines) is 1. The number of carbonyl (C=O) groups is 1. The van der Waals surface area contributed by atoms with Gasteiger partial charge in [0.25, 0.3) is 0 Å². The van der Waals surface area contributed by atoms with Crippen LogP contribution in [-0.4, -0.2) is 38.8 Å². The van der Waals surface area contributed by atoms with Crippen molar-refractivity contribution in [3.05, 3.63) is 53.4 Å². The third-order valence-electron chi connectivity index (χ3n) is 5.53. The van der Waals surface area contributed by atoms with Gasteiger partial charge in [-0.2, -0.15) is 0 Å². The molecule has 1 fully saturated rings. The van der Waals surface area contributed by atoms with E-state index in [0.717, 1.165) is 55.0 Å². The smallest absolute Gasteiger partial charge is 0.229 e. The van der Waals surface area contributed by atoms with Crippen molar-refractivity contribution in [3.8, 4) is 11.5 Å². The molecule has 1 aliphatic heterocycles. The number of imidazole rings is 1. The number of nitrogens with zero attached hydrogens (tertiary/aromatic N) is 3. The van der Waals surface area contributed by atoms with Crippen LogP contribution in [0.5, 0.6) is 0 Å². The number of hydrogen-bond donors (Lipinski definition) is 2. The Morgan fingerprint density at radius 3 is 2.97 bits per heavy atom. The molecule has 0 bridgehead atoms. The molecule has 3 aromatic heterocycles. The zero-order valence-corrected chi connectivity index (χ0v) is 17.5. The second-order valence-corrected chi connectivity index (χ2v) is 8.62. The molecular weight excluding hydrogens is 398 g/mol. The van der Waals surface area contributed by atoms with Crippen LogP contribution in [0.25, 0.3) is 22.5 Å². The quantitative estimate of drug-likeness (QED) is 0.497. The van der Waals surface area contributed by atoms with E-state index in [0.29, 0.717) is 10.9 Å². The molecule has 4 heterocycles. The lowest BCUT2D eigenvalue weighted by Crippen LogP contribution is -2.38. The normalized spacial score (nSPS) is 15.6. The number of benzene rings is 1. The fourth-order valence-electron chi connectivity index (χ4n) is 3.89.